The number of primary amides is 1. The lowest BCUT2D eigenvalue weighted by Gasteiger charge is -2.32. The first-order chi connectivity index (χ1) is 12.5. The van der Waals surface area contributed by atoms with E-state index < -0.39 is 34.4 Å². The van der Waals surface area contributed by atoms with Gasteiger partial charge >= 0.3 is 6.18 Å². The Labute approximate surface area is 158 Å². The van der Waals surface area contributed by atoms with Gasteiger partial charge in [0.2, 0.25) is 11.8 Å². The molecule has 0 aromatic carbocycles. The molecule has 1 aromatic rings. The average Bonchev–Trinajstić information content (AvgIpc) is 2.59. The van der Waals surface area contributed by atoms with E-state index in [0.717, 1.165) is 17.8 Å². The molecule has 2 amide bonds. The van der Waals surface area contributed by atoms with Gasteiger partial charge in [0.1, 0.15) is 11.1 Å². The van der Waals surface area contributed by atoms with Gasteiger partial charge in [-0.2, -0.15) is 18.4 Å². The average molecular weight is 400 g/mol. The largest absolute Gasteiger partial charge is 0.417 e. The molecule has 1 aliphatic rings. The van der Waals surface area contributed by atoms with Crippen LogP contribution in [0.4, 0.5) is 13.2 Å². The number of hydrogen-bond donors (Lipinski definition) is 1. The van der Waals surface area contributed by atoms with Gasteiger partial charge in [-0.25, -0.2) is 4.98 Å². The molecule has 27 heavy (non-hydrogen) atoms. The second-order valence-electron chi connectivity index (χ2n) is 6.39. The highest BCUT2D eigenvalue weighted by atomic mass is 32.2. The number of thioether (sulfide) groups is 1. The number of carbonyl (C=O) groups is 2. The van der Waals surface area contributed by atoms with Crippen molar-refractivity contribution in [1.29, 1.82) is 5.26 Å². The van der Waals surface area contributed by atoms with Crippen molar-refractivity contribution >= 4 is 23.6 Å². The first-order valence-corrected chi connectivity index (χ1v) is 9.16. The maximum atomic E-state index is 13.2. The zero-order valence-corrected chi connectivity index (χ0v) is 15.7. The lowest BCUT2D eigenvalue weighted by molar-refractivity contribution is -0.138. The molecule has 1 aliphatic heterocycles. The summed E-state index contributed by atoms with van der Waals surface area (Å²) >= 11 is 0.810. The lowest BCUT2D eigenvalue weighted by atomic mass is 9.97. The first-order valence-electron chi connectivity index (χ1n) is 8.28. The lowest BCUT2D eigenvalue weighted by Crippen LogP contribution is -2.46. The summed E-state index contributed by atoms with van der Waals surface area (Å²) < 4.78 is 39.6. The Hall–Kier alpha value is -2.28. The maximum Gasteiger partial charge on any atom is 0.417 e. The molecule has 0 bridgehead atoms. The van der Waals surface area contributed by atoms with Crippen molar-refractivity contribution in [3.8, 4) is 6.07 Å². The van der Waals surface area contributed by atoms with Crippen LogP contribution >= 0.6 is 11.8 Å². The fraction of sp³-hybridized carbons (Fsp3) is 0.529. The third-order valence-corrected chi connectivity index (χ3v) is 5.38. The molecule has 0 saturated carbocycles. The zero-order valence-electron chi connectivity index (χ0n) is 14.8. The summed E-state index contributed by atoms with van der Waals surface area (Å²) in [7, 11) is 0. The van der Waals surface area contributed by atoms with Gasteiger partial charge < -0.3 is 10.6 Å². The van der Waals surface area contributed by atoms with Gasteiger partial charge in [-0.1, -0.05) is 11.8 Å². The molecule has 0 spiro atoms. The van der Waals surface area contributed by atoms with Crippen LogP contribution in [0.5, 0.6) is 0 Å². The summed E-state index contributed by atoms with van der Waals surface area (Å²) in [5.41, 5.74) is 3.76. The highest BCUT2D eigenvalue weighted by Gasteiger charge is 2.36. The van der Waals surface area contributed by atoms with Crippen LogP contribution in [-0.2, 0) is 15.8 Å². The molecular weight excluding hydrogens is 381 g/mol. The van der Waals surface area contributed by atoms with Crippen molar-refractivity contribution in [2.75, 3.05) is 13.1 Å². The monoisotopic (exact) mass is 400 g/mol. The number of piperidine rings is 1. The van der Waals surface area contributed by atoms with E-state index in [4.69, 9.17) is 5.73 Å². The third-order valence-electron chi connectivity index (χ3n) is 4.30. The smallest absolute Gasteiger partial charge is 0.369 e. The number of hydrogen-bond acceptors (Lipinski definition) is 5. The second-order valence-corrected chi connectivity index (χ2v) is 7.72. The van der Waals surface area contributed by atoms with Crippen LogP contribution in [0, 0.1) is 24.2 Å². The summed E-state index contributed by atoms with van der Waals surface area (Å²) in [6.07, 6.45) is -3.46. The van der Waals surface area contributed by atoms with Gasteiger partial charge in [-0.05, 0) is 32.8 Å². The summed E-state index contributed by atoms with van der Waals surface area (Å²) in [5.74, 6) is -1.23. The van der Waals surface area contributed by atoms with E-state index in [1.807, 2.05) is 0 Å². The zero-order chi connectivity index (χ0) is 20.4. The number of halogens is 3. The van der Waals surface area contributed by atoms with Gasteiger partial charge in [0, 0.05) is 18.8 Å². The first kappa shape index (κ1) is 21.0. The topological polar surface area (TPSA) is 100 Å². The summed E-state index contributed by atoms with van der Waals surface area (Å²) in [6, 6.07) is 2.37. The molecule has 146 valence electrons. The van der Waals surface area contributed by atoms with Crippen molar-refractivity contribution in [2.24, 2.45) is 11.7 Å². The van der Waals surface area contributed by atoms with E-state index in [0.29, 0.717) is 19.4 Å². The Kier molecular flexibility index (Phi) is 6.36. The van der Waals surface area contributed by atoms with Crippen LogP contribution in [0.2, 0.25) is 0 Å². The standard InChI is InChI=1S/C17H19F3N4O2S/c1-9-6-13(17(18,19)20)12(7-21)15(23-9)27-10(2)16(26)24-5-3-4-11(8-24)14(22)25/h6,10-11H,3-5,8H2,1-2H3,(H2,22,25). The van der Waals surface area contributed by atoms with Crippen LogP contribution in [-0.4, -0.2) is 40.0 Å². The molecule has 2 heterocycles. The fourth-order valence-electron chi connectivity index (χ4n) is 2.95. The minimum absolute atomic E-state index is 0.107. The van der Waals surface area contributed by atoms with Gasteiger partial charge in [0.25, 0.3) is 0 Å². The quantitative estimate of drug-likeness (QED) is 0.783. The Morgan fingerprint density at radius 3 is 2.70 bits per heavy atom. The number of likely N-dealkylation sites (tertiary alicyclic amines) is 1. The molecule has 1 fully saturated rings. The molecule has 10 heteroatoms. The Balaban J connectivity index is 2.24. The number of nitriles is 1. The van der Waals surface area contributed by atoms with Crippen LogP contribution < -0.4 is 5.73 Å². The second kappa shape index (κ2) is 8.17. The van der Waals surface area contributed by atoms with E-state index >= 15 is 0 Å². The Morgan fingerprint density at radius 2 is 2.15 bits per heavy atom. The number of alkyl halides is 3. The van der Waals surface area contributed by atoms with E-state index in [9.17, 15) is 28.0 Å². The van der Waals surface area contributed by atoms with Gasteiger partial charge in [0.05, 0.1) is 22.3 Å². The predicted octanol–water partition coefficient (Wildman–Crippen LogP) is 2.49. The molecule has 2 rings (SSSR count). The van der Waals surface area contributed by atoms with Gasteiger partial charge in [-0.15, -0.1) is 0 Å². The minimum atomic E-state index is -4.69. The van der Waals surface area contributed by atoms with E-state index in [2.05, 4.69) is 4.98 Å². The van der Waals surface area contributed by atoms with Gasteiger partial charge in [0.15, 0.2) is 0 Å². The van der Waals surface area contributed by atoms with Crippen molar-refractivity contribution in [3.05, 3.63) is 22.9 Å². The van der Waals surface area contributed by atoms with Crippen LogP contribution in [0.1, 0.15) is 36.6 Å². The molecule has 1 saturated heterocycles. The Morgan fingerprint density at radius 1 is 1.48 bits per heavy atom. The number of aromatic nitrogens is 1. The number of pyridine rings is 1. The molecule has 2 unspecified atom stereocenters. The van der Waals surface area contributed by atoms with Crippen LogP contribution in [0.3, 0.4) is 0 Å². The summed E-state index contributed by atoms with van der Waals surface area (Å²) in [4.78, 5) is 29.5. The van der Waals surface area contributed by atoms with Crippen molar-refractivity contribution in [1.82, 2.24) is 9.88 Å². The van der Waals surface area contributed by atoms with Gasteiger partial charge in [-0.3, -0.25) is 9.59 Å². The third kappa shape index (κ3) is 4.91. The van der Waals surface area contributed by atoms with Crippen LogP contribution in [0.15, 0.2) is 11.1 Å². The number of aryl methyl sites for hydroxylation is 1. The fourth-order valence-corrected chi connectivity index (χ4v) is 4.00. The number of amides is 2. The predicted molar refractivity (Wildman–Crippen MR) is 92.5 cm³/mol. The molecule has 0 radical (unpaired) electrons. The van der Waals surface area contributed by atoms with Crippen molar-refractivity contribution in [3.63, 3.8) is 0 Å². The van der Waals surface area contributed by atoms with E-state index in [1.165, 1.54) is 11.8 Å². The number of rotatable bonds is 4. The highest BCUT2D eigenvalue weighted by Crippen LogP contribution is 2.37. The SMILES string of the molecule is Cc1cc(C(F)(F)F)c(C#N)c(SC(C)C(=O)N2CCCC(C(N)=O)C2)n1. The maximum absolute atomic E-state index is 13.2. The summed E-state index contributed by atoms with van der Waals surface area (Å²) in [6.45, 7) is 3.58. The molecular formula is C17H19F3N4O2S. The summed E-state index contributed by atoms with van der Waals surface area (Å²) in [5, 5.41) is 8.30. The van der Waals surface area contributed by atoms with E-state index in [-0.39, 0.29) is 23.2 Å². The van der Waals surface area contributed by atoms with Crippen molar-refractivity contribution in [2.45, 2.75) is 43.1 Å². The number of nitrogens with zero attached hydrogens (tertiary/aromatic N) is 3. The molecule has 2 N–H and O–H groups in total. The minimum Gasteiger partial charge on any atom is -0.369 e. The number of nitrogens with two attached hydrogens (primary N) is 1. The molecule has 0 aliphatic carbocycles. The molecule has 2 atom stereocenters. The molecule has 1 aromatic heterocycles. The number of carbonyl (C=O) groups excluding carboxylic acids is 2. The Bertz CT molecular complexity index is 792. The van der Waals surface area contributed by atoms with Crippen molar-refractivity contribution < 1.29 is 22.8 Å². The van der Waals surface area contributed by atoms with E-state index in [1.54, 1.807) is 13.0 Å². The highest BCUT2D eigenvalue weighted by molar-refractivity contribution is 8.00. The van der Waals surface area contributed by atoms with Crippen LogP contribution in [0.25, 0.3) is 0 Å². The normalized spacial score (nSPS) is 18.7. The molecule has 6 nitrogen and oxygen atoms in total.